The lowest BCUT2D eigenvalue weighted by atomic mass is 10.1. The lowest BCUT2D eigenvalue weighted by molar-refractivity contribution is 0.751. The number of nitrogens with two attached hydrogens (primary N) is 1. The summed E-state index contributed by atoms with van der Waals surface area (Å²) >= 11 is 0. The van der Waals surface area contributed by atoms with E-state index < -0.39 is 0 Å². The van der Waals surface area contributed by atoms with Gasteiger partial charge in [0.25, 0.3) is 0 Å². The Bertz CT molecular complexity index is 92.7. The van der Waals surface area contributed by atoms with E-state index in [2.05, 4.69) is 19.9 Å². The van der Waals surface area contributed by atoms with E-state index in [0.29, 0.717) is 6.04 Å². The molecule has 1 atom stereocenters. The molecule has 0 aromatic heterocycles. The summed E-state index contributed by atoms with van der Waals surface area (Å²) in [4.78, 5) is 0. The Morgan fingerprint density at radius 3 is 2.56 bits per heavy atom. The summed E-state index contributed by atoms with van der Waals surface area (Å²) in [7, 11) is 0. The van der Waals surface area contributed by atoms with Crippen LogP contribution in [0.25, 0.3) is 0 Å². The van der Waals surface area contributed by atoms with Crippen molar-refractivity contribution in [2.24, 2.45) is 5.73 Å². The van der Waals surface area contributed by atoms with Crippen molar-refractivity contribution >= 4 is 0 Å². The van der Waals surface area contributed by atoms with Crippen LogP contribution in [0.3, 0.4) is 0 Å². The molecule has 0 radical (unpaired) electrons. The summed E-state index contributed by atoms with van der Waals surface area (Å²) in [5, 5.41) is 0. The van der Waals surface area contributed by atoms with Gasteiger partial charge in [0.2, 0.25) is 0 Å². The molecule has 54 valence electrons. The van der Waals surface area contributed by atoms with Gasteiger partial charge in [-0.25, -0.2) is 0 Å². The van der Waals surface area contributed by atoms with Crippen LogP contribution < -0.4 is 5.73 Å². The first-order chi connectivity index (χ1) is 4.16. The van der Waals surface area contributed by atoms with Gasteiger partial charge < -0.3 is 5.73 Å². The van der Waals surface area contributed by atoms with Crippen molar-refractivity contribution in [3.63, 3.8) is 0 Å². The van der Waals surface area contributed by atoms with Crippen LogP contribution in [0.5, 0.6) is 0 Å². The Hall–Kier alpha value is -0.300. The normalized spacial score (nSPS) is 15.8. The maximum atomic E-state index is 5.55. The summed E-state index contributed by atoms with van der Waals surface area (Å²) in [6, 6.07) is 0.312. The topological polar surface area (TPSA) is 26.0 Å². The lowest BCUT2D eigenvalue weighted by Crippen LogP contribution is -2.12. The summed E-state index contributed by atoms with van der Waals surface area (Å²) in [6.07, 6.45) is 4.37. The second-order valence-corrected chi connectivity index (χ2v) is 2.62. The first kappa shape index (κ1) is 8.70. The molecule has 0 heterocycles. The first-order valence-corrected chi connectivity index (χ1v) is 3.58. The van der Waals surface area contributed by atoms with Gasteiger partial charge in [0.1, 0.15) is 0 Å². The van der Waals surface area contributed by atoms with Gasteiger partial charge in [-0.05, 0) is 26.7 Å². The highest BCUT2D eigenvalue weighted by atomic mass is 14.6. The molecule has 0 fully saturated rings. The molecule has 0 aromatic rings. The van der Waals surface area contributed by atoms with E-state index in [4.69, 9.17) is 5.73 Å². The van der Waals surface area contributed by atoms with Gasteiger partial charge >= 0.3 is 0 Å². The molecule has 0 aliphatic heterocycles. The van der Waals surface area contributed by atoms with Gasteiger partial charge in [-0.2, -0.15) is 0 Å². The molecule has 2 N–H and O–H groups in total. The molecular formula is C8H17N. The van der Waals surface area contributed by atoms with Crippen LogP contribution in [-0.4, -0.2) is 6.04 Å². The largest absolute Gasteiger partial charge is 0.328 e. The standard InChI is InChI=1S/C8H17N/c1-4-7(2)5-6-8(3)9/h5,8H,4,6,9H2,1-3H3/b7-5-. The third-order valence-corrected chi connectivity index (χ3v) is 1.40. The minimum absolute atomic E-state index is 0.312. The minimum atomic E-state index is 0.312. The molecule has 1 heteroatoms. The molecule has 0 spiro atoms. The van der Waals surface area contributed by atoms with Crippen LogP contribution in [0.2, 0.25) is 0 Å². The van der Waals surface area contributed by atoms with Crippen LogP contribution in [0.1, 0.15) is 33.6 Å². The van der Waals surface area contributed by atoms with Crippen LogP contribution >= 0.6 is 0 Å². The van der Waals surface area contributed by atoms with E-state index in [1.165, 1.54) is 5.57 Å². The number of hydrogen-bond donors (Lipinski definition) is 1. The van der Waals surface area contributed by atoms with E-state index in [1.807, 2.05) is 6.92 Å². The Balaban J connectivity index is 3.43. The monoisotopic (exact) mass is 127 g/mol. The fourth-order valence-electron chi connectivity index (χ4n) is 0.531. The predicted molar refractivity (Wildman–Crippen MR) is 42.3 cm³/mol. The Morgan fingerprint density at radius 2 is 2.22 bits per heavy atom. The van der Waals surface area contributed by atoms with E-state index in [-0.39, 0.29) is 0 Å². The van der Waals surface area contributed by atoms with E-state index >= 15 is 0 Å². The summed E-state index contributed by atoms with van der Waals surface area (Å²) in [5.74, 6) is 0. The molecule has 0 aromatic carbocycles. The van der Waals surface area contributed by atoms with Crippen molar-refractivity contribution in [3.05, 3.63) is 11.6 Å². The molecule has 9 heavy (non-hydrogen) atoms. The van der Waals surface area contributed by atoms with Gasteiger partial charge in [0.05, 0.1) is 0 Å². The molecule has 0 aliphatic rings. The van der Waals surface area contributed by atoms with Crippen LogP contribution in [-0.2, 0) is 0 Å². The van der Waals surface area contributed by atoms with Gasteiger partial charge in [-0.15, -0.1) is 0 Å². The second kappa shape index (κ2) is 4.57. The average Bonchev–Trinajstić information content (AvgIpc) is 1.83. The molecule has 0 rings (SSSR count). The second-order valence-electron chi connectivity index (χ2n) is 2.62. The quantitative estimate of drug-likeness (QED) is 0.577. The molecular weight excluding hydrogens is 110 g/mol. The predicted octanol–water partition coefficient (Wildman–Crippen LogP) is 2.08. The molecule has 0 amide bonds. The summed E-state index contributed by atoms with van der Waals surface area (Å²) in [5.41, 5.74) is 6.99. The Kier molecular flexibility index (Phi) is 4.41. The molecule has 0 saturated heterocycles. The third kappa shape index (κ3) is 5.57. The van der Waals surface area contributed by atoms with E-state index in [0.717, 1.165) is 12.8 Å². The highest BCUT2D eigenvalue weighted by Crippen LogP contribution is 2.00. The van der Waals surface area contributed by atoms with Crippen LogP contribution in [0.15, 0.2) is 11.6 Å². The minimum Gasteiger partial charge on any atom is -0.328 e. The van der Waals surface area contributed by atoms with Crippen molar-refractivity contribution in [3.8, 4) is 0 Å². The summed E-state index contributed by atoms with van der Waals surface area (Å²) < 4.78 is 0. The van der Waals surface area contributed by atoms with Gasteiger partial charge in [0, 0.05) is 6.04 Å². The van der Waals surface area contributed by atoms with E-state index in [9.17, 15) is 0 Å². The number of allylic oxidation sites excluding steroid dienone is 1. The SMILES string of the molecule is CC/C(C)=C\CC(C)N. The van der Waals surface area contributed by atoms with Crippen LogP contribution in [0.4, 0.5) is 0 Å². The Morgan fingerprint density at radius 1 is 1.67 bits per heavy atom. The van der Waals surface area contributed by atoms with Crippen molar-refractivity contribution in [1.82, 2.24) is 0 Å². The van der Waals surface area contributed by atoms with Gasteiger partial charge in [-0.3, -0.25) is 0 Å². The number of hydrogen-bond acceptors (Lipinski definition) is 1. The summed E-state index contributed by atoms with van der Waals surface area (Å²) in [6.45, 7) is 6.33. The van der Waals surface area contributed by atoms with Crippen molar-refractivity contribution < 1.29 is 0 Å². The zero-order chi connectivity index (χ0) is 7.28. The molecule has 1 nitrogen and oxygen atoms in total. The van der Waals surface area contributed by atoms with Crippen molar-refractivity contribution in [2.45, 2.75) is 39.7 Å². The van der Waals surface area contributed by atoms with Crippen molar-refractivity contribution in [1.29, 1.82) is 0 Å². The fraction of sp³-hybridized carbons (Fsp3) is 0.750. The maximum absolute atomic E-state index is 5.55. The van der Waals surface area contributed by atoms with Gasteiger partial charge in [0.15, 0.2) is 0 Å². The average molecular weight is 127 g/mol. The third-order valence-electron chi connectivity index (χ3n) is 1.40. The van der Waals surface area contributed by atoms with Gasteiger partial charge in [-0.1, -0.05) is 18.6 Å². The smallest absolute Gasteiger partial charge is 0.00450 e. The zero-order valence-electron chi connectivity index (χ0n) is 6.65. The molecule has 1 unspecified atom stereocenters. The Labute approximate surface area is 57.9 Å². The fourth-order valence-corrected chi connectivity index (χ4v) is 0.531. The maximum Gasteiger partial charge on any atom is 0.00450 e. The molecule has 0 bridgehead atoms. The van der Waals surface area contributed by atoms with Crippen LogP contribution in [0, 0.1) is 0 Å². The molecule has 0 aliphatic carbocycles. The lowest BCUT2D eigenvalue weighted by Gasteiger charge is -1.99. The van der Waals surface area contributed by atoms with Crippen molar-refractivity contribution in [2.75, 3.05) is 0 Å². The van der Waals surface area contributed by atoms with E-state index in [1.54, 1.807) is 0 Å². The highest BCUT2D eigenvalue weighted by molar-refractivity contribution is 4.97. The number of rotatable bonds is 3. The molecule has 0 saturated carbocycles. The highest BCUT2D eigenvalue weighted by Gasteiger charge is 1.88. The first-order valence-electron chi connectivity index (χ1n) is 3.58. The zero-order valence-corrected chi connectivity index (χ0v) is 6.65.